The monoisotopic (exact) mass is 427 g/mol. The Bertz CT molecular complexity index is 1370. The van der Waals surface area contributed by atoms with Gasteiger partial charge in [-0.25, -0.2) is 4.39 Å². The number of benzene rings is 2. The molecular formula is C24H18FN5O2. The number of likely N-dealkylation sites (tertiary alicyclic amines) is 1. The minimum Gasteiger partial charge on any atom is -0.377 e. The third-order valence-corrected chi connectivity index (χ3v) is 5.49. The normalized spacial score (nSPS) is 13.2. The van der Waals surface area contributed by atoms with Gasteiger partial charge in [-0.2, -0.15) is 10.5 Å². The zero-order valence-electron chi connectivity index (χ0n) is 17.0. The van der Waals surface area contributed by atoms with E-state index in [1.54, 1.807) is 35.2 Å². The number of amides is 1. The molecule has 0 bridgehead atoms. The fourth-order valence-electron chi connectivity index (χ4n) is 3.86. The summed E-state index contributed by atoms with van der Waals surface area (Å²) in [7, 11) is 0. The fraction of sp³-hybridized carbons (Fsp3) is 0.167. The SMILES string of the molecule is C=CC(=O)N1CC(Nc2c(C#N)c(=O)n(Cc3ccc(F)cc3)c3c(C#N)cccc23)C1. The van der Waals surface area contributed by atoms with E-state index in [1.807, 2.05) is 6.07 Å². The molecular weight excluding hydrogens is 409 g/mol. The van der Waals surface area contributed by atoms with Crippen molar-refractivity contribution < 1.29 is 9.18 Å². The Morgan fingerprint density at radius 1 is 1.19 bits per heavy atom. The number of nitriles is 2. The number of para-hydroxylation sites is 1. The van der Waals surface area contributed by atoms with Crippen molar-refractivity contribution in [2.45, 2.75) is 12.6 Å². The molecule has 1 aliphatic heterocycles. The molecule has 2 heterocycles. The van der Waals surface area contributed by atoms with E-state index in [2.05, 4.69) is 18.0 Å². The average molecular weight is 427 g/mol. The van der Waals surface area contributed by atoms with E-state index in [0.717, 1.165) is 0 Å². The van der Waals surface area contributed by atoms with Gasteiger partial charge in [0.05, 0.1) is 29.4 Å². The zero-order valence-corrected chi connectivity index (χ0v) is 17.0. The Kier molecular flexibility index (Phi) is 5.44. The Morgan fingerprint density at radius 3 is 2.53 bits per heavy atom. The molecule has 0 atom stereocenters. The predicted molar refractivity (Wildman–Crippen MR) is 117 cm³/mol. The molecule has 2 aromatic carbocycles. The number of nitrogens with zero attached hydrogens (tertiary/aromatic N) is 4. The van der Waals surface area contributed by atoms with Crippen molar-refractivity contribution in [1.29, 1.82) is 10.5 Å². The quantitative estimate of drug-likeness (QED) is 0.631. The first-order valence-corrected chi connectivity index (χ1v) is 9.88. The molecule has 3 aromatic rings. The first-order chi connectivity index (χ1) is 15.5. The number of halogens is 1. The third kappa shape index (κ3) is 3.59. The topological polar surface area (TPSA) is 102 Å². The van der Waals surface area contributed by atoms with Gasteiger partial charge in [0.2, 0.25) is 5.91 Å². The summed E-state index contributed by atoms with van der Waals surface area (Å²) >= 11 is 0. The van der Waals surface area contributed by atoms with Crippen LogP contribution in [-0.4, -0.2) is 34.5 Å². The van der Waals surface area contributed by atoms with Gasteiger partial charge in [0, 0.05) is 18.5 Å². The lowest BCUT2D eigenvalue weighted by Crippen LogP contribution is -2.56. The van der Waals surface area contributed by atoms with E-state index >= 15 is 0 Å². The molecule has 0 unspecified atom stereocenters. The van der Waals surface area contributed by atoms with Gasteiger partial charge in [-0.05, 0) is 29.8 Å². The summed E-state index contributed by atoms with van der Waals surface area (Å²) in [5.74, 6) is -0.583. The third-order valence-electron chi connectivity index (χ3n) is 5.49. The molecule has 1 aromatic heterocycles. The Hall–Kier alpha value is -4.43. The highest BCUT2D eigenvalue weighted by molar-refractivity contribution is 5.97. The fourth-order valence-corrected chi connectivity index (χ4v) is 3.86. The minimum atomic E-state index is -0.548. The second-order valence-electron chi connectivity index (χ2n) is 7.48. The maximum Gasteiger partial charge on any atom is 0.271 e. The van der Waals surface area contributed by atoms with Crippen LogP contribution in [0, 0.1) is 28.5 Å². The summed E-state index contributed by atoms with van der Waals surface area (Å²) in [6, 6.07) is 14.7. The van der Waals surface area contributed by atoms with Crippen LogP contribution in [0.15, 0.2) is 59.9 Å². The van der Waals surface area contributed by atoms with E-state index in [9.17, 15) is 24.5 Å². The van der Waals surface area contributed by atoms with E-state index < -0.39 is 11.4 Å². The van der Waals surface area contributed by atoms with Crippen LogP contribution in [0.1, 0.15) is 16.7 Å². The number of anilines is 1. The Morgan fingerprint density at radius 2 is 1.91 bits per heavy atom. The molecule has 0 radical (unpaired) electrons. The predicted octanol–water partition coefficient (Wildman–Crippen LogP) is 2.74. The van der Waals surface area contributed by atoms with Gasteiger partial charge >= 0.3 is 0 Å². The molecule has 7 nitrogen and oxygen atoms in total. The van der Waals surface area contributed by atoms with Crippen LogP contribution in [0.3, 0.4) is 0 Å². The number of pyridine rings is 1. The van der Waals surface area contributed by atoms with Crippen molar-refractivity contribution >= 4 is 22.5 Å². The largest absolute Gasteiger partial charge is 0.377 e. The second-order valence-corrected chi connectivity index (χ2v) is 7.48. The van der Waals surface area contributed by atoms with E-state index in [4.69, 9.17) is 0 Å². The average Bonchev–Trinajstić information content (AvgIpc) is 2.78. The number of rotatable bonds is 5. The summed E-state index contributed by atoms with van der Waals surface area (Å²) in [6.07, 6.45) is 1.24. The van der Waals surface area contributed by atoms with E-state index in [0.29, 0.717) is 35.2 Å². The summed E-state index contributed by atoms with van der Waals surface area (Å²) in [6.45, 7) is 4.37. The molecule has 0 aliphatic carbocycles. The lowest BCUT2D eigenvalue weighted by atomic mass is 10.0. The molecule has 0 spiro atoms. The molecule has 1 fully saturated rings. The number of fused-ring (bicyclic) bond motifs is 1. The molecule has 158 valence electrons. The van der Waals surface area contributed by atoms with Crippen molar-refractivity contribution in [1.82, 2.24) is 9.47 Å². The van der Waals surface area contributed by atoms with Crippen LogP contribution in [0.25, 0.3) is 10.9 Å². The molecule has 1 aliphatic rings. The van der Waals surface area contributed by atoms with Crippen LogP contribution in [0.2, 0.25) is 0 Å². The van der Waals surface area contributed by atoms with Gasteiger partial charge in [-0.15, -0.1) is 0 Å². The molecule has 1 amide bonds. The van der Waals surface area contributed by atoms with Crippen molar-refractivity contribution in [2.24, 2.45) is 0 Å². The van der Waals surface area contributed by atoms with E-state index in [1.165, 1.54) is 22.8 Å². The Balaban J connectivity index is 1.84. The van der Waals surface area contributed by atoms with Crippen molar-refractivity contribution in [3.63, 3.8) is 0 Å². The van der Waals surface area contributed by atoms with Crippen molar-refractivity contribution in [3.05, 3.63) is 88.0 Å². The highest BCUT2D eigenvalue weighted by atomic mass is 19.1. The molecule has 1 saturated heterocycles. The number of carbonyl (C=O) groups is 1. The first-order valence-electron chi connectivity index (χ1n) is 9.88. The van der Waals surface area contributed by atoms with Gasteiger partial charge in [0.1, 0.15) is 23.5 Å². The van der Waals surface area contributed by atoms with Crippen molar-refractivity contribution in [3.8, 4) is 12.1 Å². The summed E-state index contributed by atoms with van der Waals surface area (Å²) in [4.78, 5) is 26.6. The lowest BCUT2D eigenvalue weighted by Gasteiger charge is -2.39. The molecule has 4 rings (SSSR count). The maximum absolute atomic E-state index is 13.3. The smallest absolute Gasteiger partial charge is 0.271 e. The lowest BCUT2D eigenvalue weighted by molar-refractivity contribution is -0.129. The number of nitrogens with one attached hydrogen (secondary N) is 1. The van der Waals surface area contributed by atoms with Crippen LogP contribution >= 0.6 is 0 Å². The number of hydrogen-bond donors (Lipinski definition) is 1. The summed E-state index contributed by atoms with van der Waals surface area (Å²) in [5.41, 5.74) is 1.05. The summed E-state index contributed by atoms with van der Waals surface area (Å²) in [5, 5.41) is 23.2. The Labute approximate surface area is 183 Å². The van der Waals surface area contributed by atoms with Crippen LogP contribution in [0.4, 0.5) is 10.1 Å². The minimum absolute atomic E-state index is 0.0777. The van der Waals surface area contributed by atoms with Gasteiger partial charge in [0.15, 0.2) is 0 Å². The second kappa shape index (κ2) is 8.37. The van der Waals surface area contributed by atoms with Crippen LogP contribution < -0.4 is 10.9 Å². The highest BCUT2D eigenvalue weighted by Crippen LogP contribution is 2.29. The molecule has 32 heavy (non-hydrogen) atoms. The summed E-state index contributed by atoms with van der Waals surface area (Å²) < 4.78 is 14.7. The number of aromatic nitrogens is 1. The van der Waals surface area contributed by atoms with Gasteiger partial charge in [0.25, 0.3) is 5.56 Å². The van der Waals surface area contributed by atoms with Crippen molar-refractivity contribution in [2.75, 3.05) is 18.4 Å². The highest BCUT2D eigenvalue weighted by Gasteiger charge is 2.31. The number of hydrogen-bond acceptors (Lipinski definition) is 5. The zero-order chi connectivity index (χ0) is 22.8. The standard InChI is InChI=1S/C24H18FN5O2/c1-2-21(31)29-13-18(14-29)28-22-19-5-3-4-16(10-26)23(19)30(24(32)20(22)11-27)12-15-6-8-17(25)9-7-15/h2-9,18,28H,1,12-14H2. The van der Waals surface area contributed by atoms with Crippen LogP contribution in [-0.2, 0) is 11.3 Å². The molecule has 1 N–H and O–H groups in total. The van der Waals surface area contributed by atoms with Gasteiger partial charge < -0.3 is 14.8 Å². The van der Waals surface area contributed by atoms with E-state index in [-0.39, 0.29) is 29.6 Å². The van der Waals surface area contributed by atoms with Gasteiger partial charge in [-0.1, -0.05) is 30.8 Å². The first kappa shape index (κ1) is 20.8. The van der Waals surface area contributed by atoms with Gasteiger partial charge in [-0.3, -0.25) is 9.59 Å². The van der Waals surface area contributed by atoms with Crippen LogP contribution in [0.5, 0.6) is 0 Å². The molecule has 8 heteroatoms. The molecule has 0 saturated carbocycles. The maximum atomic E-state index is 13.3. The number of carbonyl (C=O) groups excluding carboxylic acids is 1.